The molecule has 1 aliphatic carbocycles. The quantitative estimate of drug-likeness (QED) is 0.612. The summed E-state index contributed by atoms with van der Waals surface area (Å²) < 4.78 is 27.0. The van der Waals surface area contributed by atoms with Gasteiger partial charge in [0, 0.05) is 29.3 Å². The summed E-state index contributed by atoms with van der Waals surface area (Å²) in [6, 6.07) is 5.02. The number of aliphatic hydroxyl groups excluding tert-OH is 1. The smallest absolute Gasteiger partial charge is 0.242 e. The molecule has 5 N–H and O–H groups in total. The van der Waals surface area contributed by atoms with Gasteiger partial charge < -0.3 is 15.8 Å². The number of H-pyrrole nitrogens is 1. The minimum absolute atomic E-state index is 0.0502. The molecular formula is C13H17N3O3S. The summed E-state index contributed by atoms with van der Waals surface area (Å²) in [6.45, 7) is 0.0502. The van der Waals surface area contributed by atoms with Gasteiger partial charge in [0.25, 0.3) is 0 Å². The lowest BCUT2D eigenvalue weighted by Gasteiger charge is -2.10. The van der Waals surface area contributed by atoms with E-state index in [1.165, 1.54) is 6.20 Å². The summed E-state index contributed by atoms with van der Waals surface area (Å²) in [5.74, 6) is 0.237. The molecule has 1 atom stereocenters. The maximum atomic E-state index is 12.3. The van der Waals surface area contributed by atoms with Crippen molar-refractivity contribution in [2.75, 3.05) is 12.3 Å². The number of sulfonamides is 1. The van der Waals surface area contributed by atoms with Crippen molar-refractivity contribution in [1.82, 2.24) is 9.71 Å². The molecular weight excluding hydrogens is 278 g/mol. The van der Waals surface area contributed by atoms with Crippen LogP contribution in [0.2, 0.25) is 0 Å². The second kappa shape index (κ2) is 4.76. The zero-order chi connectivity index (χ0) is 14.3. The van der Waals surface area contributed by atoms with Gasteiger partial charge >= 0.3 is 0 Å². The van der Waals surface area contributed by atoms with Crippen molar-refractivity contribution < 1.29 is 13.5 Å². The highest BCUT2D eigenvalue weighted by atomic mass is 32.2. The van der Waals surface area contributed by atoms with E-state index in [1.54, 1.807) is 18.2 Å². The maximum Gasteiger partial charge on any atom is 0.242 e. The van der Waals surface area contributed by atoms with E-state index in [9.17, 15) is 13.5 Å². The molecule has 1 unspecified atom stereocenters. The molecule has 0 amide bonds. The average molecular weight is 295 g/mol. The third kappa shape index (κ3) is 2.52. The van der Waals surface area contributed by atoms with E-state index in [4.69, 9.17) is 5.73 Å². The van der Waals surface area contributed by atoms with E-state index in [0.29, 0.717) is 16.6 Å². The lowest BCUT2D eigenvalue weighted by Crippen LogP contribution is -2.33. The molecule has 1 heterocycles. The molecule has 0 aliphatic heterocycles. The van der Waals surface area contributed by atoms with Gasteiger partial charge in [0.2, 0.25) is 10.0 Å². The summed E-state index contributed by atoms with van der Waals surface area (Å²) in [5.41, 5.74) is 6.91. The molecule has 0 bridgehead atoms. The van der Waals surface area contributed by atoms with Crippen LogP contribution in [0, 0.1) is 5.92 Å². The first-order valence-electron chi connectivity index (χ1n) is 6.52. The minimum Gasteiger partial charge on any atom is -0.399 e. The van der Waals surface area contributed by atoms with Gasteiger partial charge in [0.1, 0.15) is 4.90 Å². The van der Waals surface area contributed by atoms with Gasteiger partial charge in [-0.1, -0.05) is 0 Å². The molecule has 1 aromatic heterocycles. The van der Waals surface area contributed by atoms with Crippen molar-refractivity contribution in [3.63, 3.8) is 0 Å². The predicted molar refractivity (Wildman–Crippen MR) is 76.6 cm³/mol. The Kier molecular flexibility index (Phi) is 3.19. The first kappa shape index (κ1) is 13.4. The van der Waals surface area contributed by atoms with Gasteiger partial charge in [-0.05, 0) is 37.0 Å². The topological polar surface area (TPSA) is 108 Å². The normalized spacial score (nSPS) is 17.4. The Labute approximate surface area is 117 Å². The van der Waals surface area contributed by atoms with E-state index in [-0.39, 0.29) is 17.4 Å². The lowest BCUT2D eigenvalue weighted by atomic mass is 10.2. The predicted octanol–water partition coefficient (Wildman–Crippen LogP) is 0.799. The Bertz CT molecular complexity index is 734. The van der Waals surface area contributed by atoms with E-state index in [1.807, 2.05) is 0 Å². The first-order chi connectivity index (χ1) is 9.47. The number of nitrogen functional groups attached to an aromatic ring is 1. The van der Waals surface area contributed by atoms with Crippen molar-refractivity contribution in [2.45, 2.75) is 23.8 Å². The fraction of sp³-hybridized carbons (Fsp3) is 0.385. The number of aromatic amines is 1. The van der Waals surface area contributed by atoms with Crippen LogP contribution in [0.25, 0.3) is 10.9 Å². The largest absolute Gasteiger partial charge is 0.399 e. The maximum absolute atomic E-state index is 12.3. The van der Waals surface area contributed by atoms with E-state index >= 15 is 0 Å². The van der Waals surface area contributed by atoms with Gasteiger partial charge in [-0.15, -0.1) is 0 Å². The fourth-order valence-corrected chi connectivity index (χ4v) is 3.49. The number of anilines is 1. The van der Waals surface area contributed by atoms with Crippen LogP contribution in [-0.4, -0.2) is 31.2 Å². The molecule has 1 fully saturated rings. The number of fused-ring (bicyclic) bond motifs is 1. The highest BCUT2D eigenvalue weighted by Crippen LogP contribution is 2.32. The van der Waals surface area contributed by atoms with Gasteiger partial charge in [-0.3, -0.25) is 0 Å². The van der Waals surface area contributed by atoms with Crippen molar-refractivity contribution in [1.29, 1.82) is 0 Å². The average Bonchev–Trinajstić information content (AvgIpc) is 3.16. The molecule has 0 spiro atoms. The van der Waals surface area contributed by atoms with Crippen molar-refractivity contribution in [3.8, 4) is 0 Å². The number of rotatable bonds is 5. The Morgan fingerprint density at radius 2 is 2.20 bits per heavy atom. The minimum atomic E-state index is -3.64. The van der Waals surface area contributed by atoms with E-state index in [2.05, 4.69) is 9.71 Å². The van der Waals surface area contributed by atoms with Crippen LogP contribution in [0.15, 0.2) is 29.3 Å². The molecule has 6 nitrogen and oxygen atoms in total. The van der Waals surface area contributed by atoms with Crippen LogP contribution in [-0.2, 0) is 10.0 Å². The van der Waals surface area contributed by atoms with Crippen LogP contribution in [0.5, 0.6) is 0 Å². The van der Waals surface area contributed by atoms with Gasteiger partial charge in [-0.25, -0.2) is 13.1 Å². The number of hydrogen-bond acceptors (Lipinski definition) is 4. The zero-order valence-electron chi connectivity index (χ0n) is 10.8. The number of hydrogen-bond donors (Lipinski definition) is 4. The second-order valence-electron chi connectivity index (χ2n) is 5.21. The molecule has 1 aliphatic rings. The summed E-state index contributed by atoms with van der Waals surface area (Å²) >= 11 is 0. The molecule has 0 saturated heterocycles. The monoisotopic (exact) mass is 295 g/mol. The van der Waals surface area contributed by atoms with Gasteiger partial charge in [0.15, 0.2) is 0 Å². The van der Waals surface area contributed by atoms with Crippen LogP contribution >= 0.6 is 0 Å². The Balaban J connectivity index is 1.84. The summed E-state index contributed by atoms with van der Waals surface area (Å²) in [5, 5.41) is 10.3. The van der Waals surface area contributed by atoms with Crippen molar-refractivity contribution in [2.24, 2.45) is 5.92 Å². The molecule has 0 radical (unpaired) electrons. The van der Waals surface area contributed by atoms with Crippen LogP contribution in [0.4, 0.5) is 5.69 Å². The summed E-state index contributed by atoms with van der Waals surface area (Å²) in [6.07, 6.45) is 2.77. The number of nitrogens with two attached hydrogens (primary N) is 1. The van der Waals surface area contributed by atoms with Crippen LogP contribution in [0.1, 0.15) is 12.8 Å². The molecule has 1 saturated carbocycles. The second-order valence-corrected chi connectivity index (χ2v) is 6.95. The van der Waals surface area contributed by atoms with Gasteiger partial charge in [0.05, 0.1) is 6.10 Å². The zero-order valence-corrected chi connectivity index (χ0v) is 11.7. The molecule has 108 valence electrons. The van der Waals surface area contributed by atoms with Crippen molar-refractivity contribution >= 4 is 26.6 Å². The highest BCUT2D eigenvalue weighted by molar-refractivity contribution is 7.89. The van der Waals surface area contributed by atoms with Crippen LogP contribution in [0.3, 0.4) is 0 Å². The Hall–Kier alpha value is -1.57. The SMILES string of the molecule is Nc1ccc2c(S(=O)(=O)NCC(O)C3CC3)c[nH]c2c1. The molecule has 2 aromatic rings. The van der Waals surface area contributed by atoms with Gasteiger partial charge in [-0.2, -0.15) is 0 Å². The lowest BCUT2D eigenvalue weighted by molar-refractivity contribution is 0.155. The highest BCUT2D eigenvalue weighted by Gasteiger charge is 2.31. The number of aliphatic hydroxyl groups is 1. The number of aromatic nitrogens is 1. The van der Waals surface area contributed by atoms with Crippen LogP contribution < -0.4 is 10.5 Å². The third-order valence-electron chi connectivity index (χ3n) is 3.61. The number of nitrogens with one attached hydrogen (secondary N) is 2. The molecule has 7 heteroatoms. The molecule has 20 heavy (non-hydrogen) atoms. The number of benzene rings is 1. The van der Waals surface area contributed by atoms with Crippen molar-refractivity contribution in [3.05, 3.63) is 24.4 Å². The Morgan fingerprint density at radius 3 is 2.90 bits per heavy atom. The summed E-state index contributed by atoms with van der Waals surface area (Å²) in [7, 11) is -3.64. The fourth-order valence-electron chi connectivity index (χ4n) is 2.26. The Morgan fingerprint density at radius 1 is 1.45 bits per heavy atom. The van der Waals surface area contributed by atoms with E-state index in [0.717, 1.165) is 12.8 Å². The first-order valence-corrected chi connectivity index (χ1v) is 8.00. The molecule has 3 rings (SSSR count). The molecule has 1 aromatic carbocycles. The summed E-state index contributed by atoms with van der Waals surface area (Å²) in [4.78, 5) is 3.07. The standard InChI is InChI=1S/C13H17N3O3S/c14-9-3-4-10-11(5-9)15-7-13(10)20(18,19)16-6-12(17)8-1-2-8/h3-5,7-8,12,15-17H,1-2,6,14H2. The van der Waals surface area contributed by atoms with E-state index < -0.39 is 16.1 Å². The third-order valence-corrected chi connectivity index (χ3v) is 5.07.